The zero-order valence-electron chi connectivity index (χ0n) is 11.8. The number of sulfone groups is 2. The van der Waals surface area contributed by atoms with E-state index in [4.69, 9.17) is 17.1 Å². The van der Waals surface area contributed by atoms with Crippen LogP contribution in [0.15, 0.2) is 58.3 Å². The van der Waals surface area contributed by atoms with Gasteiger partial charge >= 0.3 is 4.38 Å². The van der Waals surface area contributed by atoms with Gasteiger partial charge in [-0.1, -0.05) is 29.3 Å². The molecule has 0 unspecified atom stereocenters. The molecule has 0 fully saturated rings. The summed E-state index contributed by atoms with van der Waals surface area (Å²) in [5, 5.41) is 0.285. The van der Waals surface area contributed by atoms with Crippen LogP contribution in [-0.4, -0.2) is 26.0 Å². The smallest absolute Gasteiger partial charge is 0.359 e. The minimum atomic E-state index is -4.53. The molecule has 0 aliphatic heterocycles. The Balaban J connectivity index is 2.61. The summed E-state index contributed by atoms with van der Waals surface area (Å²) >= 11 is 5.68. The largest absolute Gasteiger partial charge is 0.504 e. The van der Waals surface area contributed by atoms with Crippen LogP contribution in [-0.2, 0) is 19.7 Å². The van der Waals surface area contributed by atoms with Crippen molar-refractivity contribution in [1.29, 1.82) is 0 Å². The summed E-state index contributed by atoms with van der Waals surface area (Å²) < 4.78 is 48.5. The zero-order valence-corrected chi connectivity index (χ0v) is 14.2. The third kappa shape index (κ3) is 3.35. The highest BCUT2D eigenvalue weighted by molar-refractivity contribution is 8.31. The van der Waals surface area contributed by atoms with Gasteiger partial charge in [-0.25, -0.2) is 16.8 Å². The topological polar surface area (TPSA) is 105 Å². The maximum Gasteiger partial charge on any atom is 0.504 e. The van der Waals surface area contributed by atoms with Crippen molar-refractivity contribution in [2.45, 2.75) is 16.7 Å². The summed E-state index contributed by atoms with van der Waals surface area (Å²) in [6.07, 6.45) is 0. The summed E-state index contributed by atoms with van der Waals surface area (Å²) in [5.41, 5.74) is 9.83. The first kappa shape index (κ1) is 17.4. The second-order valence-corrected chi connectivity index (χ2v) is 9.06. The quantitative estimate of drug-likeness (QED) is 0.350. The molecule has 0 atom stereocenters. The van der Waals surface area contributed by atoms with Crippen LogP contribution in [0.3, 0.4) is 0 Å². The fourth-order valence-electron chi connectivity index (χ4n) is 1.78. The molecular weight excluding hydrogens is 360 g/mol. The Labute approximate surface area is 138 Å². The molecule has 2 aromatic carbocycles. The predicted octanol–water partition coefficient (Wildman–Crippen LogP) is 2.48. The van der Waals surface area contributed by atoms with Gasteiger partial charge in [-0.2, -0.15) is 0 Å². The Morgan fingerprint density at radius 3 is 1.65 bits per heavy atom. The van der Waals surface area contributed by atoms with Gasteiger partial charge in [0.05, 0.1) is 9.79 Å². The van der Waals surface area contributed by atoms with Crippen LogP contribution in [0.1, 0.15) is 5.56 Å². The number of hydrogen-bond acceptors (Lipinski definition) is 4. The molecule has 2 rings (SSSR count). The third-order valence-electron chi connectivity index (χ3n) is 3.00. The molecule has 0 saturated carbocycles. The normalized spacial score (nSPS) is 11.7. The molecule has 6 nitrogen and oxygen atoms in total. The van der Waals surface area contributed by atoms with Crippen LogP contribution < -0.4 is 0 Å². The molecule has 0 heterocycles. The predicted molar refractivity (Wildman–Crippen MR) is 85.6 cm³/mol. The number of halogens is 1. The summed E-state index contributed by atoms with van der Waals surface area (Å²) in [7, 11) is -9.04. The number of rotatable bonds is 2. The minimum Gasteiger partial charge on any atom is -0.359 e. The lowest BCUT2D eigenvalue weighted by Crippen LogP contribution is -2.26. The Hall–Kier alpha value is -1.99. The van der Waals surface area contributed by atoms with E-state index >= 15 is 0 Å². The number of nitrogens with zero attached hydrogens (tertiary/aromatic N) is 2. The molecule has 0 spiro atoms. The fraction of sp³-hybridized carbons (Fsp3) is 0.0714. The molecule has 0 bridgehead atoms. The molecule has 0 saturated heterocycles. The molecule has 120 valence electrons. The first-order valence-corrected chi connectivity index (χ1v) is 9.58. The van der Waals surface area contributed by atoms with Gasteiger partial charge < -0.3 is 5.53 Å². The van der Waals surface area contributed by atoms with Gasteiger partial charge in [-0.05, 0) is 43.3 Å². The molecule has 2 aromatic rings. The number of aryl methyl sites for hydroxylation is 1. The molecule has 0 aliphatic carbocycles. The SMILES string of the molecule is Cc1ccc(S(=O)(=O)C(=[N+]=[N-])S(=O)(=O)c2ccc(Cl)cc2)cc1. The molecule has 0 aliphatic rings. The first-order chi connectivity index (χ1) is 10.7. The van der Waals surface area contributed by atoms with E-state index in [1.54, 1.807) is 6.92 Å². The zero-order chi connectivity index (χ0) is 17.3. The van der Waals surface area contributed by atoms with Crippen molar-refractivity contribution in [3.8, 4) is 0 Å². The molecule has 0 radical (unpaired) electrons. The summed E-state index contributed by atoms with van der Waals surface area (Å²) in [6.45, 7) is 1.75. The van der Waals surface area contributed by atoms with Crippen LogP contribution in [0.5, 0.6) is 0 Å². The first-order valence-electron chi connectivity index (χ1n) is 6.24. The van der Waals surface area contributed by atoms with E-state index in [1.165, 1.54) is 36.4 Å². The van der Waals surface area contributed by atoms with E-state index in [2.05, 4.69) is 4.79 Å². The summed E-state index contributed by atoms with van der Waals surface area (Å²) in [4.78, 5) is 1.91. The average molecular weight is 371 g/mol. The lowest BCUT2D eigenvalue weighted by Gasteiger charge is -2.03. The van der Waals surface area contributed by atoms with Gasteiger partial charge in [0.1, 0.15) is 0 Å². The van der Waals surface area contributed by atoms with E-state index in [9.17, 15) is 16.8 Å². The molecule has 9 heteroatoms. The monoisotopic (exact) mass is 370 g/mol. The van der Waals surface area contributed by atoms with Gasteiger partial charge in [0.2, 0.25) is 0 Å². The van der Waals surface area contributed by atoms with Crippen LogP contribution in [0, 0.1) is 6.92 Å². The standard InChI is InChI=1S/C14H11ClN2O4S2/c1-10-2-6-12(7-3-10)22(18,19)14(17-16)23(20,21)13-8-4-11(15)5-9-13/h2-9H,1H3. The van der Waals surface area contributed by atoms with E-state index in [0.29, 0.717) is 0 Å². The van der Waals surface area contributed by atoms with Gasteiger partial charge in [0.25, 0.3) is 19.7 Å². The van der Waals surface area contributed by atoms with Crippen molar-refractivity contribution in [1.82, 2.24) is 0 Å². The highest BCUT2D eigenvalue weighted by Crippen LogP contribution is 2.22. The molecule has 0 amide bonds. The number of benzene rings is 2. The maximum atomic E-state index is 12.5. The van der Waals surface area contributed by atoms with Crippen molar-refractivity contribution < 1.29 is 21.6 Å². The molecule has 0 N–H and O–H groups in total. The Bertz CT molecular complexity index is 912. The van der Waals surface area contributed by atoms with Gasteiger partial charge in [-0.15, -0.1) is 4.79 Å². The second-order valence-electron chi connectivity index (χ2n) is 4.64. The van der Waals surface area contributed by atoms with Gasteiger partial charge in [0, 0.05) is 5.02 Å². The highest BCUT2D eigenvalue weighted by Gasteiger charge is 2.43. The Kier molecular flexibility index (Phi) is 4.72. The van der Waals surface area contributed by atoms with Gasteiger partial charge in [-0.3, -0.25) is 0 Å². The van der Waals surface area contributed by atoms with Crippen LogP contribution in [0.4, 0.5) is 0 Å². The highest BCUT2D eigenvalue weighted by atomic mass is 35.5. The van der Waals surface area contributed by atoms with Crippen LogP contribution in [0.2, 0.25) is 5.02 Å². The molecular formula is C14H11ClN2O4S2. The van der Waals surface area contributed by atoms with Crippen molar-refractivity contribution in [2.75, 3.05) is 0 Å². The fourth-order valence-corrected chi connectivity index (χ4v) is 5.25. The average Bonchev–Trinajstić information content (AvgIpc) is 2.48. The van der Waals surface area contributed by atoms with Crippen molar-refractivity contribution in [3.63, 3.8) is 0 Å². The van der Waals surface area contributed by atoms with Crippen LogP contribution >= 0.6 is 11.6 Å². The van der Waals surface area contributed by atoms with E-state index < -0.39 is 24.1 Å². The summed E-state index contributed by atoms with van der Waals surface area (Å²) in [5.74, 6) is 0. The Morgan fingerprint density at radius 1 is 0.870 bits per heavy atom. The van der Waals surface area contributed by atoms with Crippen molar-refractivity contribution >= 4 is 35.7 Å². The summed E-state index contributed by atoms with van der Waals surface area (Å²) in [6, 6.07) is 10.4. The minimum absolute atomic E-state index is 0.284. The van der Waals surface area contributed by atoms with Gasteiger partial charge in [0.15, 0.2) is 0 Å². The van der Waals surface area contributed by atoms with Crippen LogP contribution in [0.25, 0.3) is 5.53 Å². The van der Waals surface area contributed by atoms with Crippen molar-refractivity contribution in [2.24, 2.45) is 0 Å². The second kappa shape index (κ2) is 6.25. The van der Waals surface area contributed by atoms with Crippen molar-refractivity contribution in [3.05, 3.63) is 64.6 Å². The maximum absolute atomic E-state index is 12.5. The van der Waals surface area contributed by atoms with E-state index in [-0.39, 0.29) is 14.8 Å². The number of hydrogen-bond donors (Lipinski definition) is 0. The lowest BCUT2D eigenvalue weighted by atomic mass is 10.2. The molecule has 23 heavy (non-hydrogen) atoms. The Morgan fingerprint density at radius 2 is 1.26 bits per heavy atom. The lowest BCUT2D eigenvalue weighted by molar-refractivity contribution is 0.00380. The third-order valence-corrected chi connectivity index (χ3v) is 7.43. The molecule has 0 aromatic heterocycles. The van der Waals surface area contributed by atoms with E-state index in [0.717, 1.165) is 17.7 Å². The van der Waals surface area contributed by atoms with E-state index in [1.807, 2.05) is 0 Å².